The molecule has 1 aromatic heterocycles. The van der Waals surface area contributed by atoms with Gasteiger partial charge in [0.2, 0.25) is 0 Å². The van der Waals surface area contributed by atoms with E-state index < -0.39 is 17.0 Å². The van der Waals surface area contributed by atoms with Crippen molar-refractivity contribution in [3.05, 3.63) is 48.5 Å². The van der Waals surface area contributed by atoms with Crippen molar-refractivity contribution in [3.63, 3.8) is 0 Å². The lowest BCUT2D eigenvalue weighted by molar-refractivity contribution is 0.405. The van der Waals surface area contributed by atoms with E-state index in [1.807, 2.05) is 0 Å². The first-order valence-corrected chi connectivity index (χ1v) is 7.89. The molecule has 102 valence electrons. The number of ether oxygens (including phenoxy) is 1. The van der Waals surface area contributed by atoms with Crippen LogP contribution in [0, 0.1) is 11.6 Å². The highest BCUT2D eigenvalue weighted by Crippen LogP contribution is 2.42. The first-order valence-electron chi connectivity index (χ1n) is 5.05. The number of thiophene rings is 1. The summed E-state index contributed by atoms with van der Waals surface area (Å²) < 4.78 is 34.3. The molecule has 1 aromatic carbocycles. The van der Waals surface area contributed by atoms with Crippen molar-refractivity contribution in [1.29, 1.82) is 0 Å². The molecule has 19 heavy (non-hydrogen) atoms. The Bertz CT molecular complexity index is 575. The second-order valence-electron chi connectivity index (χ2n) is 3.64. The van der Waals surface area contributed by atoms with Gasteiger partial charge in [-0.3, -0.25) is 0 Å². The topological polar surface area (TPSA) is 9.23 Å². The first-order chi connectivity index (χ1) is 8.93. The van der Waals surface area contributed by atoms with Crippen LogP contribution in [0.15, 0.2) is 26.5 Å². The van der Waals surface area contributed by atoms with Crippen LogP contribution in [0.2, 0.25) is 0 Å². The molecule has 0 aliphatic rings. The molecule has 0 saturated carbocycles. The normalized spacial score (nSPS) is 12.5. The summed E-state index contributed by atoms with van der Waals surface area (Å²) in [6, 6.07) is 3.96. The number of rotatable bonds is 3. The van der Waals surface area contributed by atoms with Gasteiger partial charge in [0.25, 0.3) is 0 Å². The first kappa shape index (κ1) is 15.2. The van der Waals surface area contributed by atoms with Gasteiger partial charge in [-0.2, -0.15) is 0 Å². The Morgan fingerprint density at radius 3 is 2.21 bits per heavy atom. The SMILES string of the molecule is COc1cc(F)c(C(Cl)c2cc(Br)c(Br)s2)c(F)c1. The molecular weight excluding hydrogens is 425 g/mol. The summed E-state index contributed by atoms with van der Waals surface area (Å²) in [5.41, 5.74) is -0.177. The number of benzene rings is 1. The van der Waals surface area contributed by atoms with Crippen LogP contribution < -0.4 is 4.74 Å². The molecule has 0 aliphatic carbocycles. The van der Waals surface area contributed by atoms with E-state index in [1.165, 1.54) is 18.4 Å². The van der Waals surface area contributed by atoms with Crippen molar-refractivity contribution in [1.82, 2.24) is 0 Å². The largest absolute Gasteiger partial charge is 0.497 e. The molecule has 0 spiro atoms. The van der Waals surface area contributed by atoms with E-state index in [2.05, 4.69) is 31.9 Å². The third-order valence-corrected chi connectivity index (χ3v) is 6.36. The van der Waals surface area contributed by atoms with E-state index in [4.69, 9.17) is 16.3 Å². The maximum Gasteiger partial charge on any atom is 0.134 e. The van der Waals surface area contributed by atoms with Gasteiger partial charge in [0.05, 0.1) is 16.3 Å². The standard InChI is InChI=1S/C12H7Br2ClF2OS/c1-18-5-2-7(16)10(8(17)3-5)11(15)9-4-6(13)12(14)19-9/h2-4,11H,1H3. The van der Waals surface area contributed by atoms with Gasteiger partial charge in [-0.15, -0.1) is 22.9 Å². The van der Waals surface area contributed by atoms with Gasteiger partial charge in [0, 0.05) is 27.0 Å². The lowest BCUT2D eigenvalue weighted by Crippen LogP contribution is -2.00. The molecule has 2 rings (SSSR count). The number of hydrogen-bond donors (Lipinski definition) is 0. The Morgan fingerprint density at radius 2 is 1.79 bits per heavy atom. The number of methoxy groups -OCH3 is 1. The van der Waals surface area contributed by atoms with Crippen molar-refractivity contribution in [2.45, 2.75) is 5.38 Å². The fourth-order valence-electron chi connectivity index (χ4n) is 1.55. The lowest BCUT2D eigenvalue weighted by atomic mass is 10.1. The summed E-state index contributed by atoms with van der Waals surface area (Å²) in [5.74, 6) is -1.33. The summed E-state index contributed by atoms with van der Waals surface area (Å²) in [6.45, 7) is 0. The molecule has 0 saturated heterocycles. The maximum absolute atomic E-state index is 13.9. The van der Waals surface area contributed by atoms with Crippen molar-refractivity contribution in [3.8, 4) is 5.75 Å². The predicted molar refractivity (Wildman–Crippen MR) is 80.3 cm³/mol. The molecule has 0 N–H and O–H groups in total. The Morgan fingerprint density at radius 1 is 1.21 bits per heavy atom. The zero-order valence-electron chi connectivity index (χ0n) is 9.52. The van der Waals surface area contributed by atoms with Crippen molar-refractivity contribution >= 4 is 54.8 Å². The molecule has 2 aromatic rings. The number of halogens is 5. The summed E-state index contributed by atoms with van der Waals surface area (Å²) >= 11 is 14.1. The summed E-state index contributed by atoms with van der Waals surface area (Å²) in [4.78, 5) is 0.642. The minimum absolute atomic E-state index is 0.121. The molecule has 0 fully saturated rings. The average Bonchev–Trinajstić information content (AvgIpc) is 2.68. The van der Waals surface area contributed by atoms with Gasteiger partial charge >= 0.3 is 0 Å². The Hall–Kier alpha value is -0.170. The van der Waals surface area contributed by atoms with Gasteiger partial charge in [0.15, 0.2) is 0 Å². The second kappa shape index (κ2) is 6.08. The molecule has 0 bridgehead atoms. The summed E-state index contributed by atoms with van der Waals surface area (Å²) in [7, 11) is 1.35. The predicted octanol–water partition coefficient (Wildman–Crippen LogP) is 5.89. The second-order valence-corrected chi connectivity index (χ2v) is 7.33. The van der Waals surface area contributed by atoms with Crippen LogP contribution in [0.1, 0.15) is 15.8 Å². The number of hydrogen-bond acceptors (Lipinski definition) is 2. The Balaban J connectivity index is 2.46. The number of alkyl halides is 1. The van der Waals surface area contributed by atoms with Crippen molar-refractivity contribution in [2.24, 2.45) is 0 Å². The van der Waals surface area contributed by atoms with Gasteiger partial charge in [-0.1, -0.05) is 0 Å². The van der Waals surface area contributed by atoms with Gasteiger partial charge < -0.3 is 4.74 Å². The molecule has 0 amide bonds. The van der Waals surface area contributed by atoms with Crippen LogP contribution in [-0.2, 0) is 0 Å². The van der Waals surface area contributed by atoms with Crippen molar-refractivity contribution < 1.29 is 13.5 Å². The minimum Gasteiger partial charge on any atom is -0.497 e. The van der Waals surface area contributed by atoms with E-state index in [9.17, 15) is 8.78 Å². The third kappa shape index (κ3) is 3.12. The quantitative estimate of drug-likeness (QED) is 0.550. The highest BCUT2D eigenvalue weighted by Gasteiger charge is 2.23. The lowest BCUT2D eigenvalue weighted by Gasteiger charge is -2.11. The van der Waals surface area contributed by atoms with Gasteiger partial charge in [-0.25, -0.2) is 8.78 Å². The molecule has 1 heterocycles. The molecule has 0 aliphatic heterocycles. The van der Waals surface area contributed by atoms with Crippen LogP contribution in [0.3, 0.4) is 0 Å². The molecular formula is C12H7Br2ClF2OS. The zero-order valence-corrected chi connectivity index (χ0v) is 14.3. The Labute approximate surface area is 134 Å². The molecule has 1 unspecified atom stereocenters. The van der Waals surface area contributed by atoms with E-state index in [0.717, 1.165) is 20.4 Å². The molecule has 1 atom stereocenters. The fourth-order valence-corrected chi connectivity index (χ4v) is 4.03. The molecule has 7 heteroatoms. The summed E-state index contributed by atoms with van der Waals surface area (Å²) in [6.07, 6.45) is 0. The highest BCUT2D eigenvalue weighted by atomic mass is 79.9. The van der Waals surface area contributed by atoms with Crippen molar-refractivity contribution in [2.75, 3.05) is 7.11 Å². The third-order valence-electron chi connectivity index (χ3n) is 2.46. The van der Waals surface area contributed by atoms with Crippen LogP contribution in [0.4, 0.5) is 8.78 Å². The Kier molecular flexibility index (Phi) is 4.87. The van der Waals surface area contributed by atoms with Crippen LogP contribution in [-0.4, -0.2) is 7.11 Å². The van der Waals surface area contributed by atoms with E-state index in [1.54, 1.807) is 6.07 Å². The summed E-state index contributed by atoms with van der Waals surface area (Å²) in [5, 5.41) is -0.890. The van der Waals surface area contributed by atoms with Crippen LogP contribution in [0.5, 0.6) is 5.75 Å². The monoisotopic (exact) mass is 430 g/mol. The van der Waals surface area contributed by atoms with Crippen LogP contribution in [0.25, 0.3) is 0 Å². The highest BCUT2D eigenvalue weighted by molar-refractivity contribution is 9.13. The van der Waals surface area contributed by atoms with E-state index in [-0.39, 0.29) is 11.3 Å². The van der Waals surface area contributed by atoms with Gasteiger partial charge in [0.1, 0.15) is 17.4 Å². The van der Waals surface area contributed by atoms with E-state index >= 15 is 0 Å². The molecule has 1 nitrogen and oxygen atoms in total. The maximum atomic E-state index is 13.9. The van der Waals surface area contributed by atoms with E-state index in [0.29, 0.717) is 4.88 Å². The average molecular weight is 433 g/mol. The molecule has 0 radical (unpaired) electrons. The van der Waals surface area contributed by atoms with Crippen LogP contribution >= 0.6 is 54.8 Å². The minimum atomic E-state index is -0.890. The zero-order chi connectivity index (χ0) is 14.2. The fraction of sp³-hybridized carbons (Fsp3) is 0.167. The smallest absolute Gasteiger partial charge is 0.134 e. The van der Waals surface area contributed by atoms with Gasteiger partial charge in [-0.05, 0) is 37.9 Å².